The second kappa shape index (κ2) is 2.84. The molecule has 9 heavy (non-hydrogen) atoms. The van der Waals surface area contributed by atoms with Gasteiger partial charge in [-0.3, -0.25) is 4.90 Å². The first-order valence-corrected chi connectivity index (χ1v) is 3.44. The lowest BCUT2D eigenvalue weighted by Gasteiger charge is -2.26. The van der Waals surface area contributed by atoms with Gasteiger partial charge in [-0.2, -0.15) is 5.26 Å². The molecule has 1 aliphatic rings. The summed E-state index contributed by atoms with van der Waals surface area (Å²) < 4.78 is 0. The minimum Gasteiger partial charge on any atom is -0.291 e. The van der Waals surface area contributed by atoms with Crippen molar-refractivity contribution >= 4 is 0 Å². The van der Waals surface area contributed by atoms with Crippen LogP contribution in [0.25, 0.3) is 0 Å². The van der Waals surface area contributed by atoms with Crippen LogP contribution in [0.4, 0.5) is 0 Å². The van der Waals surface area contributed by atoms with E-state index < -0.39 is 0 Å². The first kappa shape index (κ1) is 6.57. The molecule has 0 aliphatic carbocycles. The topological polar surface area (TPSA) is 27.0 Å². The maximum Gasteiger partial charge on any atom is 0.0975 e. The van der Waals surface area contributed by atoms with E-state index in [0.717, 1.165) is 13.0 Å². The van der Waals surface area contributed by atoms with Crippen LogP contribution in [0, 0.1) is 11.3 Å². The molecule has 1 fully saturated rings. The van der Waals surface area contributed by atoms with Crippen LogP contribution in [-0.2, 0) is 0 Å². The monoisotopic (exact) mass is 124 g/mol. The molecule has 0 saturated carbocycles. The summed E-state index contributed by atoms with van der Waals surface area (Å²) in [4.78, 5) is 2.13. The van der Waals surface area contributed by atoms with Crippen LogP contribution in [0.15, 0.2) is 0 Å². The molecule has 1 heterocycles. The molecule has 0 aromatic carbocycles. The molecular formula is C7H12N2. The fourth-order valence-electron chi connectivity index (χ4n) is 1.24. The summed E-state index contributed by atoms with van der Waals surface area (Å²) in [6, 6.07) is 2.47. The molecule has 0 N–H and O–H groups in total. The summed E-state index contributed by atoms with van der Waals surface area (Å²) in [6.07, 6.45) is 3.55. The van der Waals surface area contributed by atoms with Gasteiger partial charge in [-0.1, -0.05) is 0 Å². The Morgan fingerprint density at radius 2 is 2.33 bits per heavy atom. The normalized spacial score (nSPS) is 29.6. The van der Waals surface area contributed by atoms with Gasteiger partial charge in [0.15, 0.2) is 0 Å². The van der Waals surface area contributed by atoms with Crippen LogP contribution >= 0.6 is 0 Å². The quantitative estimate of drug-likeness (QED) is 0.481. The average Bonchev–Trinajstić information content (AvgIpc) is 1.89. The number of nitriles is 1. The van der Waals surface area contributed by atoms with Gasteiger partial charge in [-0.25, -0.2) is 0 Å². The molecule has 1 rings (SSSR count). The van der Waals surface area contributed by atoms with Crippen LogP contribution in [0.5, 0.6) is 0 Å². The van der Waals surface area contributed by atoms with E-state index in [1.807, 2.05) is 7.05 Å². The van der Waals surface area contributed by atoms with Gasteiger partial charge in [0, 0.05) is 0 Å². The van der Waals surface area contributed by atoms with Crippen LogP contribution in [0.2, 0.25) is 0 Å². The Morgan fingerprint density at radius 3 is 2.78 bits per heavy atom. The molecule has 2 heteroatoms. The van der Waals surface area contributed by atoms with Gasteiger partial charge in [0.2, 0.25) is 0 Å². The van der Waals surface area contributed by atoms with E-state index in [0.29, 0.717) is 0 Å². The van der Waals surface area contributed by atoms with E-state index >= 15 is 0 Å². The fraction of sp³-hybridized carbons (Fsp3) is 0.857. The number of hydrogen-bond acceptors (Lipinski definition) is 2. The standard InChI is InChI=1S/C7H12N2/c1-9-5-3-2-4-7(9)6-8/h7H,2-5H2,1H3/t7-/m1/s1. The van der Waals surface area contributed by atoms with E-state index in [-0.39, 0.29) is 6.04 Å². The van der Waals surface area contributed by atoms with Gasteiger partial charge >= 0.3 is 0 Å². The summed E-state index contributed by atoms with van der Waals surface area (Å²) in [5, 5.41) is 8.57. The lowest BCUT2D eigenvalue weighted by Crippen LogP contribution is -2.34. The highest BCUT2D eigenvalue weighted by atomic mass is 15.1. The Labute approximate surface area is 56.1 Å². The van der Waals surface area contributed by atoms with Crippen molar-refractivity contribution in [2.45, 2.75) is 25.3 Å². The van der Waals surface area contributed by atoms with Crippen LogP contribution in [-0.4, -0.2) is 24.5 Å². The van der Waals surface area contributed by atoms with Crippen molar-refractivity contribution in [3.8, 4) is 6.07 Å². The van der Waals surface area contributed by atoms with E-state index in [1.165, 1.54) is 12.8 Å². The molecule has 0 spiro atoms. The Morgan fingerprint density at radius 1 is 1.56 bits per heavy atom. The first-order chi connectivity index (χ1) is 4.34. The summed E-state index contributed by atoms with van der Waals surface area (Å²) in [7, 11) is 2.02. The highest BCUT2D eigenvalue weighted by Crippen LogP contribution is 2.13. The zero-order valence-electron chi connectivity index (χ0n) is 5.80. The number of hydrogen-bond donors (Lipinski definition) is 0. The van der Waals surface area contributed by atoms with Gasteiger partial charge in [-0.15, -0.1) is 0 Å². The first-order valence-electron chi connectivity index (χ1n) is 3.44. The van der Waals surface area contributed by atoms with E-state index in [1.54, 1.807) is 0 Å². The van der Waals surface area contributed by atoms with Crippen molar-refractivity contribution in [2.24, 2.45) is 0 Å². The SMILES string of the molecule is CN1CCCC[C@@H]1C#N. The van der Waals surface area contributed by atoms with E-state index in [2.05, 4.69) is 11.0 Å². The summed E-state index contributed by atoms with van der Waals surface area (Å²) in [5.41, 5.74) is 0. The predicted molar refractivity (Wildman–Crippen MR) is 35.9 cm³/mol. The predicted octanol–water partition coefficient (Wildman–Crippen LogP) is 0.994. The third-order valence-electron chi connectivity index (χ3n) is 1.92. The third-order valence-corrected chi connectivity index (χ3v) is 1.92. The Hall–Kier alpha value is -0.550. The second-order valence-corrected chi connectivity index (χ2v) is 2.62. The maximum absolute atomic E-state index is 8.57. The molecule has 0 unspecified atom stereocenters. The zero-order valence-corrected chi connectivity index (χ0v) is 5.80. The average molecular weight is 124 g/mol. The molecule has 2 nitrogen and oxygen atoms in total. The third kappa shape index (κ3) is 1.43. The van der Waals surface area contributed by atoms with Crippen molar-refractivity contribution in [1.82, 2.24) is 4.90 Å². The molecule has 1 aliphatic heterocycles. The molecule has 0 amide bonds. The Balaban J connectivity index is 2.41. The summed E-state index contributed by atoms with van der Waals surface area (Å²) in [5.74, 6) is 0. The van der Waals surface area contributed by atoms with Gasteiger partial charge in [0.1, 0.15) is 0 Å². The summed E-state index contributed by atoms with van der Waals surface area (Å²) in [6.45, 7) is 1.10. The van der Waals surface area contributed by atoms with Gasteiger partial charge in [0.05, 0.1) is 12.1 Å². The largest absolute Gasteiger partial charge is 0.291 e. The van der Waals surface area contributed by atoms with Gasteiger partial charge in [0.25, 0.3) is 0 Å². The number of piperidine rings is 1. The van der Waals surface area contributed by atoms with Crippen molar-refractivity contribution in [3.05, 3.63) is 0 Å². The highest BCUT2D eigenvalue weighted by Gasteiger charge is 2.16. The Bertz CT molecular complexity index is 125. The lowest BCUT2D eigenvalue weighted by atomic mass is 10.0. The molecule has 1 atom stereocenters. The summed E-state index contributed by atoms with van der Waals surface area (Å²) >= 11 is 0. The van der Waals surface area contributed by atoms with E-state index in [9.17, 15) is 0 Å². The number of likely N-dealkylation sites (tertiary alicyclic amines) is 1. The molecule has 0 radical (unpaired) electrons. The Kier molecular flexibility index (Phi) is 2.07. The van der Waals surface area contributed by atoms with Crippen LogP contribution < -0.4 is 0 Å². The minimum absolute atomic E-state index is 0.193. The second-order valence-electron chi connectivity index (χ2n) is 2.62. The van der Waals surface area contributed by atoms with Crippen LogP contribution in [0.1, 0.15) is 19.3 Å². The lowest BCUT2D eigenvalue weighted by molar-refractivity contribution is 0.227. The smallest absolute Gasteiger partial charge is 0.0975 e. The molecular weight excluding hydrogens is 112 g/mol. The molecule has 0 aromatic heterocycles. The molecule has 1 saturated heterocycles. The number of nitrogens with zero attached hydrogens (tertiary/aromatic N) is 2. The van der Waals surface area contributed by atoms with Gasteiger partial charge < -0.3 is 0 Å². The highest BCUT2D eigenvalue weighted by molar-refractivity contribution is 4.92. The molecule has 50 valence electrons. The zero-order chi connectivity index (χ0) is 6.69. The van der Waals surface area contributed by atoms with Gasteiger partial charge in [-0.05, 0) is 32.9 Å². The molecule has 0 aromatic rings. The minimum atomic E-state index is 0.193. The fourth-order valence-corrected chi connectivity index (χ4v) is 1.24. The number of rotatable bonds is 0. The van der Waals surface area contributed by atoms with E-state index in [4.69, 9.17) is 5.26 Å². The molecule has 0 bridgehead atoms. The van der Waals surface area contributed by atoms with Crippen molar-refractivity contribution in [1.29, 1.82) is 5.26 Å². The maximum atomic E-state index is 8.57. The van der Waals surface area contributed by atoms with Crippen molar-refractivity contribution in [3.63, 3.8) is 0 Å². The van der Waals surface area contributed by atoms with Crippen molar-refractivity contribution in [2.75, 3.05) is 13.6 Å². The van der Waals surface area contributed by atoms with Crippen LogP contribution in [0.3, 0.4) is 0 Å². The van der Waals surface area contributed by atoms with Crippen molar-refractivity contribution < 1.29 is 0 Å².